The third-order valence-corrected chi connectivity index (χ3v) is 2.09. The van der Waals surface area contributed by atoms with E-state index >= 15 is 0 Å². The molecule has 4 heteroatoms. The van der Waals surface area contributed by atoms with Crippen LogP contribution in [0.1, 0.15) is 11.1 Å². The maximum atomic E-state index is 13.5. The molecule has 0 saturated heterocycles. The van der Waals surface area contributed by atoms with Gasteiger partial charge in [0.2, 0.25) is 0 Å². The van der Waals surface area contributed by atoms with Gasteiger partial charge in [-0.25, -0.2) is 4.39 Å². The van der Waals surface area contributed by atoms with Crippen LogP contribution < -0.4 is 5.32 Å². The van der Waals surface area contributed by atoms with Gasteiger partial charge in [-0.3, -0.25) is 4.79 Å². The van der Waals surface area contributed by atoms with Gasteiger partial charge in [0.15, 0.2) is 0 Å². The third-order valence-electron chi connectivity index (χ3n) is 2.09. The lowest BCUT2D eigenvalue weighted by Gasteiger charge is -2.08. The van der Waals surface area contributed by atoms with Crippen molar-refractivity contribution in [1.29, 1.82) is 0 Å². The van der Waals surface area contributed by atoms with E-state index in [1.54, 1.807) is 26.0 Å². The summed E-state index contributed by atoms with van der Waals surface area (Å²) in [5.74, 6) is -1.39. The summed E-state index contributed by atoms with van der Waals surface area (Å²) in [6.45, 7) is 3.19. The maximum absolute atomic E-state index is 13.5. The minimum atomic E-state index is -1.01. The Kier molecular flexibility index (Phi) is 3.06. The molecule has 76 valence electrons. The number of halogens is 1. The Bertz CT molecular complexity index is 363. The zero-order valence-corrected chi connectivity index (χ0v) is 8.10. The first-order valence-electron chi connectivity index (χ1n) is 4.23. The molecule has 0 unspecified atom stereocenters. The van der Waals surface area contributed by atoms with Crippen molar-refractivity contribution in [3.8, 4) is 0 Å². The smallest absolute Gasteiger partial charge is 0.322 e. The van der Waals surface area contributed by atoms with Gasteiger partial charge in [-0.05, 0) is 31.0 Å². The van der Waals surface area contributed by atoms with Crippen molar-refractivity contribution >= 4 is 11.7 Å². The Morgan fingerprint density at radius 2 is 2.14 bits per heavy atom. The van der Waals surface area contributed by atoms with Crippen LogP contribution >= 0.6 is 0 Å². The van der Waals surface area contributed by atoms with Crippen molar-refractivity contribution < 1.29 is 14.3 Å². The first kappa shape index (κ1) is 10.5. The summed E-state index contributed by atoms with van der Waals surface area (Å²) >= 11 is 0. The molecule has 1 rings (SSSR count). The van der Waals surface area contributed by atoms with E-state index in [0.29, 0.717) is 5.56 Å². The summed E-state index contributed by atoms with van der Waals surface area (Å²) in [4.78, 5) is 10.3. The van der Waals surface area contributed by atoms with E-state index < -0.39 is 5.97 Å². The molecule has 0 aliphatic heterocycles. The highest BCUT2D eigenvalue weighted by Gasteiger charge is 2.07. The van der Waals surface area contributed by atoms with E-state index in [2.05, 4.69) is 5.32 Å². The summed E-state index contributed by atoms with van der Waals surface area (Å²) < 4.78 is 13.5. The summed E-state index contributed by atoms with van der Waals surface area (Å²) in [5, 5.41) is 10.9. The van der Waals surface area contributed by atoms with Crippen molar-refractivity contribution in [2.75, 3.05) is 11.9 Å². The number of carboxylic acid groups (broad SMARTS) is 1. The van der Waals surface area contributed by atoms with Gasteiger partial charge in [0.1, 0.15) is 12.4 Å². The van der Waals surface area contributed by atoms with Gasteiger partial charge in [-0.2, -0.15) is 0 Å². The Morgan fingerprint density at radius 3 is 2.71 bits per heavy atom. The molecule has 14 heavy (non-hydrogen) atoms. The van der Waals surface area contributed by atoms with Crippen molar-refractivity contribution in [1.82, 2.24) is 0 Å². The largest absolute Gasteiger partial charge is 0.480 e. The molecule has 0 radical (unpaired) electrons. The number of aryl methyl sites for hydroxylation is 1. The monoisotopic (exact) mass is 197 g/mol. The molecule has 0 atom stereocenters. The lowest BCUT2D eigenvalue weighted by molar-refractivity contribution is -0.134. The van der Waals surface area contributed by atoms with Gasteiger partial charge in [0.05, 0.1) is 5.69 Å². The fourth-order valence-electron chi connectivity index (χ4n) is 1.09. The molecule has 0 aliphatic rings. The molecular formula is C10H12FNO2. The number of carboxylic acids is 1. The second-order valence-corrected chi connectivity index (χ2v) is 3.12. The Balaban J connectivity index is 2.88. The zero-order chi connectivity index (χ0) is 10.7. The molecule has 0 amide bonds. The minimum absolute atomic E-state index is 0.232. The van der Waals surface area contributed by atoms with E-state index in [1.807, 2.05) is 0 Å². The van der Waals surface area contributed by atoms with Crippen molar-refractivity contribution in [2.45, 2.75) is 13.8 Å². The number of hydrogen-bond donors (Lipinski definition) is 2. The quantitative estimate of drug-likeness (QED) is 0.778. The molecule has 0 aromatic heterocycles. The minimum Gasteiger partial charge on any atom is -0.480 e. The number of nitrogens with one attached hydrogen (secondary N) is 1. The third kappa shape index (κ3) is 2.22. The number of carbonyl (C=O) groups is 1. The fourth-order valence-corrected chi connectivity index (χ4v) is 1.09. The first-order chi connectivity index (χ1) is 6.52. The Hall–Kier alpha value is -1.58. The van der Waals surface area contributed by atoms with E-state index in [1.165, 1.54) is 0 Å². The van der Waals surface area contributed by atoms with Crippen LogP contribution in [0, 0.1) is 19.7 Å². The number of rotatable bonds is 3. The average Bonchev–Trinajstić information content (AvgIpc) is 2.13. The van der Waals surface area contributed by atoms with Crippen LogP contribution in [0.4, 0.5) is 10.1 Å². The molecular weight excluding hydrogens is 185 g/mol. The van der Waals surface area contributed by atoms with Gasteiger partial charge < -0.3 is 10.4 Å². The molecule has 0 aliphatic carbocycles. The van der Waals surface area contributed by atoms with Gasteiger partial charge in [-0.1, -0.05) is 6.07 Å². The van der Waals surface area contributed by atoms with Gasteiger partial charge in [0.25, 0.3) is 0 Å². The molecule has 0 bridgehead atoms. The topological polar surface area (TPSA) is 49.3 Å². The Morgan fingerprint density at radius 1 is 1.50 bits per heavy atom. The molecule has 2 N–H and O–H groups in total. The standard InChI is InChI=1S/C10H12FNO2/c1-6-3-4-8(10(11)7(6)2)12-5-9(13)14/h3-4,12H,5H2,1-2H3,(H,13,14). The predicted octanol–water partition coefficient (Wildman–Crippen LogP) is 1.94. The molecule has 1 aromatic carbocycles. The summed E-state index contributed by atoms with van der Waals surface area (Å²) in [5.41, 5.74) is 1.62. The second-order valence-electron chi connectivity index (χ2n) is 3.12. The summed E-state index contributed by atoms with van der Waals surface area (Å²) in [6.07, 6.45) is 0. The predicted molar refractivity (Wildman–Crippen MR) is 52.0 cm³/mol. The van der Waals surface area contributed by atoms with Crippen molar-refractivity contribution in [2.24, 2.45) is 0 Å². The van der Waals surface area contributed by atoms with Crippen LogP contribution in [0.15, 0.2) is 12.1 Å². The number of aliphatic carboxylic acids is 1. The van der Waals surface area contributed by atoms with Crippen molar-refractivity contribution in [3.63, 3.8) is 0 Å². The van der Waals surface area contributed by atoms with E-state index in [0.717, 1.165) is 5.56 Å². The highest BCUT2D eigenvalue weighted by Crippen LogP contribution is 2.20. The first-order valence-corrected chi connectivity index (χ1v) is 4.23. The molecule has 3 nitrogen and oxygen atoms in total. The normalized spacial score (nSPS) is 9.93. The zero-order valence-electron chi connectivity index (χ0n) is 8.10. The number of benzene rings is 1. The molecule has 1 aromatic rings. The highest BCUT2D eigenvalue weighted by atomic mass is 19.1. The second kappa shape index (κ2) is 4.09. The molecule has 0 heterocycles. The number of anilines is 1. The van der Waals surface area contributed by atoms with E-state index in [4.69, 9.17) is 5.11 Å². The fraction of sp³-hybridized carbons (Fsp3) is 0.300. The van der Waals surface area contributed by atoms with Crippen LogP contribution in [0.25, 0.3) is 0 Å². The summed E-state index contributed by atoms with van der Waals surface area (Å²) in [7, 11) is 0. The number of hydrogen-bond acceptors (Lipinski definition) is 2. The molecule has 0 saturated carbocycles. The van der Waals surface area contributed by atoms with Crippen molar-refractivity contribution in [3.05, 3.63) is 29.1 Å². The van der Waals surface area contributed by atoms with Crippen LogP contribution in [0.2, 0.25) is 0 Å². The van der Waals surface area contributed by atoms with Crippen LogP contribution in [0.5, 0.6) is 0 Å². The van der Waals surface area contributed by atoms with Gasteiger partial charge >= 0.3 is 5.97 Å². The molecule has 0 fully saturated rings. The van der Waals surface area contributed by atoms with Crippen LogP contribution in [0.3, 0.4) is 0 Å². The van der Waals surface area contributed by atoms with E-state index in [-0.39, 0.29) is 18.0 Å². The van der Waals surface area contributed by atoms with Gasteiger partial charge in [-0.15, -0.1) is 0 Å². The van der Waals surface area contributed by atoms with Gasteiger partial charge in [0, 0.05) is 0 Å². The van der Waals surface area contributed by atoms with E-state index in [9.17, 15) is 9.18 Å². The molecule has 0 spiro atoms. The lowest BCUT2D eigenvalue weighted by atomic mass is 10.1. The highest BCUT2D eigenvalue weighted by molar-refractivity contribution is 5.73. The Labute approximate surface area is 81.6 Å². The maximum Gasteiger partial charge on any atom is 0.322 e. The van der Waals surface area contributed by atoms with Crippen LogP contribution in [-0.2, 0) is 4.79 Å². The summed E-state index contributed by atoms with van der Waals surface area (Å²) in [6, 6.07) is 3.29. The average molecular weight is 197 g/mol. The van der Waals surface area contributed by atoms with Crippen LogP contribution in [-0.4, -0.2) is 17.6 Å². The lowest BCUT2D eigenvalue weighted by Crippen LogP contribution is -2.13. The SMILES string of the molecule is Cc1ccc(NCC(=O)O)c(F)c1C.